The fourth-order valence-corrected chi connectivity index (χ4v) is 2.06. The number of nitriles is 1. The average molecular weight is 224 g/mol. The van der Waals surface area contributed by atoms with E-state index in [1.165, 1.54) is 16.2 Å². The van der Waals surface area contributed by atoms with Crippen molar-refractivity contribution in [1.29, 1.82) is 5.26 Å². The smallest absolute Gasteiger partial charge is 0.110 e. The van der Waals surface area contributed by atoms with Crippen molar-refractivity contribution in [2.45, 2.75) is 32.4 Å². The van der Waals surface area contributed by atoms with E-state index in [0.29, 0.717) is 6.04 Å². The molecule has 3 nitrogen and oxygen atoms in total. The largest absolute Gasteiger partial charge is 0.396 e. The lowest BCUT2D eigenvalue weighted by molar-refractivity contribution is 0.276. The number of aliphatic hydroxyl groups is 1. The zero-order valence-electron chi connectivity index (χ0n) is 8.86. The van der Waals surface area contributed by atoms with Crippen molar-refractivity contribution in [3.8, 4) is 6.07 Å². The predicted molar refractivity (Wildman–Crippen MR) is 61.7 cm³/mol. The third-order valence-electron chi connectivity index (χ3n) is 2.19. The van der Waals surface area contributed by atoms with Crippen molar-refractivity contribution in [1.82, 2.24) is 5.32 Å². The van der Waals surface area contributed by atoms with E-state index in [2.05, 4.69) is 18.3 Å². The molecule has 2 N–H and O–H groups in total. The number of aliphatic hydroxyl groups excluding tert-OH is 1. The van der Waals surface area contributed by atoms with Crippen LogP contribution in [0.15, 0.2) is 12.1 Å². The highest BCUT2D eigenvalue weighted by Crippen LogP contribution is 2.15. The Balaban J connectivity index is 2.27. The Bertz CT molecular complexity index is 330. The van der Waals surface area contributed by atoms with Gasteiger partial charge >= 0.3 is 0 Å². The Morgan fingerprint density at radius 2 is 2.40 bits per heavy atom. The van der Waals surface area contributed by atoms with Crippen molar-refractivity contribution < 1.29 is 5.11 Å². The molecular weight excluding hydrogens is 208 g/mol. The van der Waals surface area contributed by atoms with E-state index >= 15 is 0 Å². The van der Waals surface area contributed by atoms with Gasteiger partial charge in [0.05, 0.1) is 0 Å². The first kappa shape index (κ1) is 12.2. The lowest BCUT2D eigenvalue weighted by atomic mass is 10.2. The van der Waals surface area contributed by atoms with Crippen LogP contribution in [-0.4, -0.2) is 17.8 Å². The molecule has 1 rings (SSSR count). The molecule has 1 unspecified atom stereocenters. The van der Waals surface area contributed by atoms with Crippen LogP contribution in [0, 0.1) is 11.3 Å². The summed E-state index contributed by atoms with van der Waals surface area (Å²) in [6, 6.07) is 6.36. The maximum absolute atomic E-state index is 8.67. The molecule has 0 aliphatic rings. The lowest BCUT2D eigenvalue weighted by Gasteiger charge is -2.11. The van der Waals surface area contributed by atoms with Crippen molar-refractivity contribution >= 4 is 11.3 Å². The van der Waals surface area contributed by atoms with E-state index in [-0.39, 0.29) is 6.61 Å². The van der Waals surface area contributed by atoms with Gasteiger partial charge in [-0.15, -0.1) is 11.3 Å². The van der Waals surface area contributed by atoms with Crippen molar-refractivity contribution in [2.75, 3.05) is 6.61 Å². The molecule has 0 saturated heterocycles. The van der Waals surface area contributed by atoms with Gasteiger partial charge in [-0.25, -0.2) is 0 Å². The molecule has 1 atom stereocenters. The van der Waals surface area contributed by atoms with Crippen LogP contribution < -0.4 is 5.32 Å². The normalized spacial score (nSPS) is 12.3. The van der Waals surface area contributed by atoms with Crippen LogP contribution in [0.1, 0.15) is 29.5 Å². The maximum atomic E-state index is 8.67. The third-order valence-corrected chi connectivity index (χ3v) is 3.18. The van der Waals surface area contributed by atoms with Gasteiger partial charge < -0.3 is 10.4 Å². The molecule has 0 aliphatic heterocycles. The second-order valence-corrected chi connectivity index (χ2v) is 4.69. The Labute approximate surface area is 94.4 Å². The number of hydrogen-bond acceptors (Lipinski definition) is 4. The van der Waals surface area contributed by atoms with Gasteiger partial charge in [-0.05, 0) is 31.9 Å². The van der Waals surface area contributed by atoms with Crippen LogP contribution >= 0.6 is 11.3 Å². The number of rotatable bonds is 6. The summed E-state index contributed by atoms with van der Waals surface area (Å²) in [6.07, 6.45) is 1.81. The van der Waals surface area contributed by atoms with Gasteiger partial charge in [0, 0.05) is 24.1 Å². The minimum absolute atomic E-state index is 0.254. The molecule has 1 aromatic rings. The Hall–Kier alpha value is -0.890. The van der Waals surface area contributed by atoms with Gasteiger partial charge in [-0.2, -0.15) is 5.26 Å². The SMILES string of the molecule is CC(CCCO)NCc1ccc(C#N)s1. The molecule has 1 aromatic heterocycles. The van der Waals surface area contributed by atoms with E-state index < -0.39 is 0 Å². The molecule has 0 radical (unpaired) electrons. The third kappa shape index (κ3) is 4.43. The molecule has 82 valence electrons. The second kappa shape index (κ2) is 6.57. The molecule has 0 aromatic carbocycles. The van der Waals surface area contributed by atoms with Crippen LogP contribution in [0.4, 0.5) is 0 Å². The molecule has 0 bridgehead atoms. The number of thiophene rings is 1. The molecule has 0 aliphatic carbocycles. The van der Waals surface area contributed by atoms with Gasteiger partial charge in [0.25, 0.3) is 0 Å². The van der Waals surface area contributed by atoms with E-state index in [1.54, 1.807) is 0 Å². The molecule has 15 heavy (non-hydrogen) atoms. The van der Waals surface area contributed by atoms with Crippen LogP contribution in [0.25, 0.3) is 0 Å². The number of hydrogen-bond donors (Lipinski definition) is 2. The molecular formula is C11H16N2OS. The van der Waals surface area contributed by atoms with Crippen LogP contribution in [0.3, 0.4) is 0 Å². The zero-order chi connectivity index (χ0) is 11.1. The van der Waals surface area contributed by atoms with Crippen molar-refractivity contribution in [3.05, 3.63) is 21.9 Å². The lowest BCUT2D eigenvalue weighted by Crippen LogP contribution is -2.25. The quantitative estimate of drug-likeness (QED) is 0.775. The highest BCUT2D eigenvalue weighted by molar-refractivity contribution is 7.12. The standard InChI is InChI=1S/C11H16N2OS/c1-9(3-2-6-14)13-8-11-5-4-10(7-12)15-11/h4-5,9,13-14H,2-3,6,8H2,1H3. The molecule has 0 spiro atoms. The fraction of sp³-hybridized carbons (Fsp3) is 0.545. The summed E-state index contributed by atoms with van der Waals surface area (Å²) < 4.78 is 0. The summed E-state index contributed by atoms with van der Waals surface area (Å²) in [7, 11) is 0. The summed E-state index contributed by atoms with van der Waals surface area (Å²) in [5, 5.41) is 20.7. The summed E-state index contributed by atoms with van der Waals surface area (Å²) in [6.45, 7) is 3.16. The van der Waals surface area contributed by atoms with Crippen molar-refractivity contribution in [3.63, 3.8) is 0 Å². The van der Waals surface area contributed by atoms with E-state index in [0.717, 1.165) is 24.3 Å². The first-order valence-electron chi connectivity index (χ1n) is 5.09. The fourth-order valence-electron chi connectivity index (χ4n) is 1.31. The molecule has 0 fully saturated rings. The molecule has 0 saturated carbocycles. The van der Waals surface area contributed by atoms with E-state index in [4.69, 9.17) is 10.4 Å². The Kier molecular flexibility index (Phi) is 5.33. The van der Waals surface area contributed by atoms with Crippen LogP contribution in [0.2, 0.25) is 0 Å². The van der Waals surface area contributed by atoms with Gasteiger partial charge in [0.15, 0.2) is 0 Å². The summed E-state index contributed by atoms with van der Waals surface area (Å²) in [4.78, 5) is 1.94. The topological polar surface area (TPSA) is 56.0 Å². The van der Waals surface area contributed by atoms with E-state index in [1.807, 2.05) is 12.1 Å². The molecule has 1 heterocycles. The van der Waals surface area contributed by atoms with Crippen molar-refractivity contribution in [2.24, 2.45) is 0 Å². The predicted octanol–water partition coefficient (Wildman–Crippen LogP) is 1.87. The number of nitrogens with zero attached hydrogens (tertiary/aromatic N) is 1. The highest BCUT2D eigenvalue weighted by Gasteiger charge is 2.03. The first-order valence-corrected chi connectivity index (χ1v) is 5.91. The Morgan fingerprint density at radius 1 is 1.60 bits per heavy atom. The maximum Gasteiger partial charge on any atom is 0.110 e. The van der Waals surface area contributed by atoms with Crippen LogP contribution in [-0.2, 0) is 6.54 Å². The first-order chi connectivity index (χ1) is 7.26. The van der Waals surface area contributed by atoms with Gasteiger partial charge in [0.2, 0.25) is 0 Å². The number of nitrogens with one attached hydrogen (secondary N) is 1. The summed E-state index contributed by atoms with van der Waals surface area (Å²) >= 11 is 1.53. The second-order valence-electron chi connectivity index (χ2n) is 3.53. The minimum Gasteiger partial charge on any atom is -0.396 e. The zero-order valence-corrected chi connectivity index (χ0v) is 9.68. The van der Waals surface area contributed by atoms with Gasteiger partial charge in [-0.3, -0.25) is 0 Å². The van der Waals surface area contributed by atoms with Gasteiger partial charge in [-0.1, -0.05) is 0 Å². The van der Waals surface area contributed by atoms with E-state index in [9.17, 15) is 0 Å². The van der Waals surface area contributed by atoms with Gasteiger partial charge in [0.1, 0.15) is 10.9 Å². The Morgan fingerprint density at radius 3 is 3.00 bits per heavy atom. The molecule has 0 amide bonds. The monoisotopic (exact) mass is 224 g/mol. The van der Waals surface area contributed by atoms with Crippen LogP contribution in [0.5, 0.6) is 0 Å². The minimum atomic E-state index is 0.254. The highest BCUT2D eigenvalue weighted by atomic mass is 32.1. The summed E-state index contributed by atoms with van der Waals surface area (Å²) in [5.74, 6) is 0. The summed E-state index contributed by atoms with van der Waals surface area (Å²) in [5.41, 5.74) is 0. The molecule has 4 heteroatoms. The average Bonchev–Trinajstić information content (AvgIpc) is 2.71.